The van der Waals surface area contributed by atoms with Crippen LogP contribution in [0.15, 0.2) is 29.2 Å². The largest absolute Gasteiger partial charge is 0.416 e. The highest BCUT2D eigenvalue weighted by Gasteiger charge is 2.66. The van der Waals surface area contributed by atoms with E-state index in [0.717, 1.165) is 50.7 Å². The van der Waals surface area contributed by atoms with E-state index in [9.17, 15) is 31.8 Å². The smallest absolute Gasteiger partial charge is 0.393 e. The van der Waals surface area contributed by atoms with Gasteiger partial charge in [-0.05, 0) is 116 Å². The van der Waals surface area contributed by atoms with Crippen LogP contribution in [0.2, 0.25) is 0 Å². The summed E-state index contributed by atoms with van der Waals surface area (Å²) in [6.07, 6.45) is -0.107. The number of sulfonamides is 1. The topological polar surface area (TPSA) is 86.6 Å². The minimum Gasteiger partial charge on any atom is -0.393 e. The van der Waals surface area contributed by atoms with Crippen molar-refractivity contribution in [2.45, 2.75) is 115 Å². The van der Waals surface area contributed by atoms with E-state index in [1.807, 2.05) is 6.92 Å². The Bertz CT molecular complexity index is 1260. The lowest BCUT2D eigenvalue weighted by Gasteiger charge is -2.65. The number of halogens is 4. The molecule has 0 amide bonds. The summed E-state index contributed by atoms with van der Waals surface area (Å²) in [7, 11) is -4.06. The highest BCUT2D eigenvalue weighted by Crippen LogP contribution is 2.69. The van der Waals surface area contributed by atoms with Crippen molar-refractivity contribution in [3.8, 4) is 0 Å². The maximum absolute atomic E-state index is 15.6. The SMILES string of the molecule is CC[C@H]1[C@@H](O)[C@@H]2[C@H](CC[C@]3(C)[C@@H]([C@H](C)CCCNS(=O)(=O)c4cccc(C(F)(F)F)c4)CC[C@@H]23)[C@@]2(C)CC[C@@H](O)[C@H](F)[C@@H]12. The minimum atomic E-state index is -4.62. The predicted molar refractivity (Wildman–Crippen MR) is 157 cm³/mol. The first kappa shape index (κ1) is 33.1. The van der Waals surface area contributed by atoms with Gasteiger partial charge in [0.15, 0.2) is 0 Å². The molecule has 0 spiro atoms. The van der Waals surface area contributed by atoms with Gasteiger partial charge in [0.1, 0.15) is 6.17 Å². The molecule has 12 atom stereocenters. The molecular weight excluding hydrogens is 582 g/mol. The average molecular weight is 632 g/mol. The molecule has 4 saturated carbocycles. The number of hydrogen-bond acceptors (Lipinski definition) is 4. The fourth-order valence-electron chi connectivity index (χ4n) is 10.7. The number of nitrogens with one attached hydrogen (secondary N) is 1. The van der Waals surface area contributed by atoms with E-state index in [2.05, 4.69) is 25.5 Å². The molecular formula is C33H49F4NO4S. The Morgan fingerprint density at radius 1 is 1.05 bits per heavy atom. The number of fused-ring (bicyclic) bond motifs is 5. The molecule has 43 heavy (non-hydrogen) atoms. The number of aliphatic hydroxyl groups is 2. The Morgan fingerprint density at radius 3 is 2.40 bits per heavy atom. The van der Waals surface area contributed by atoms with Crippen LogP contribution in [0.5, 0.6) is 0 Å². The van der Waals surface area contributed by atoms with Gasteiger partial charge in [-0.25, -0.2) is 17.5 Å². The van der Waals surface area contributed by atoms with Crippen LogP contribution in [0.1, 0.15) is 91.0 Å². The molecule has 0 aromatic heterocycles. The van der Waals surface area contributed by atoms with Crippen LogP contribution in [-0.2, 0) is 16.2 Å². The maximum Gasteiger partial charge on any atom is 0.416 e. The molecule has 4 aliphatic carbocycles. The van der Waals surface area contributed by atoms with Crippen molar-refractivity contribution in [2.75, 3.05) is 6.54 Å². The molecule has 4 fully saturated rings. The average Bonchev–Trinajstić information content (AvgIpc) is 3.31. The highest BCUT2D eigenvalue weighted by atomic mass is 32.2. The lowest BCUT2D eigenvalue weighted by atomic mass is 9.41. The fourth-order valence-corrected chi connectivity index (χ4v) is 11.8. The molecule has 0 aliphatic heterocycles. The molecule has 3 N–H and O–H groups in total. The van der Waals surface area contributed by atoms with E-state index >= 15 is 4.39 Å². The van der Waals surface area contributed by atoms with Crippen molar-refractivity contribution in [3.05, 3.63) is 29.8 Å². The molecule has 10 heteroatoms. The summed E-state index contributed by atoms with van der Waals surface area (Å²) >= 11 is 0. The lowest BCUT2D eigenvalue weighted by Crippen LogP contribution is -2.65. The third-order valence-electron chi connectivity index (χ3n) is 12.8. The fraction of sp³-hybridized carbons (Fsp3) is 0.818. The molecule has 0 unspecified atom stereocenters. The van der Waals surface area contributed by atoms with Gasteiger partial charge >= 0.3 is 6.18 Å². The Labute approximate surface area is 254 Å². The zero-order valence-corrected chi connectivity index (χ0v) is 26.6. The Morgan fingerprint density at radius 2 is 1.72 bits per heavy atom. The predicted octanol–water partition coefficient (Wildman–Crippen LogP) is 6.97. The van der Waals surface area contributed by atoms with Crippen molar-refractivity contribution in [3.63, 3.8) is 0 Å². The van der Waals surface area contributed by atoms with Gasteiger partial charge in [0.2, 0.25) is 10.0 Å². The van der Waals surface area contributed by atoms with Crippen molar-refractivity contribution >= 4 is 10.0 Å². The second-order valence-corrected chi connectivity index (χ2v) is 16.5. The molecule has 0 saturated heterocycles. The zero-order chi connectivity index (χ0) is 31.5. The molecule has 244 valence electrons. The van der Waals surface area contributed by atoms with E-state index in [1.54, 1.807) is 0 Å². The number of rotatable bonds is 8. The maximum atomic E-state index is 15.6. The summed E-state index contributed by atoms with van der Waals surface area (Å²) in [4.78, 5) is -0.391. The summed E-state index contributed by atoms with van der Waals surface area (Å²) in [5.41, 5.74) is -1.19. The van der Waals surface area contributed by atoms with E-state index in [4.69, 9.17) is 0 Å². The van der Waals surface area contributed by atoms with E-state index in [1.165, 1.54) is 6.07 Å². The summed E-state index contributed by atoms with van der Waals surface area (Å²) in [6, 6.07) is 3.79. The summed E-state index contributed by atoms with van der Waals surface area (Å²) in [6.45, 7) is 8.98. The molecule has 0 heterocycles. The second-order valence-electron chi connectivity index (χ2n) is 14.7. The van der Waals surface area contributed by atoms with Gasteiger partial charge in [-0.15, -0.1) is 0 Å². The molecule has 4 aliphatic rings. The van der Waals surface area contributed by atoms with Gasteiger partial charge in [-0.2, -0.15) is 13.2 Å². The van der Waals surface area contributed by atoms with Crippen molar-refractivity contribution in [1.82, 2.24) is 4.72 Å². The Hall–Kier alpha value is -1.23. The third-order valence-corrected chi connectivity index (χ3v) is 14.2. The third kappa shape index (κ3) is 5.69. The summed E-state index contributed by atoms with van der Waals surface area (Å²) in [5.74, 6) is 0.929. The van der Waals surface area contributed by atoms with Gasteiger partial charge in [-0.1, -0.05) is 40.2 Å². The van der Waals surface area contributed by atoms with Gasteiger partial charge in [-0.3, -0.25) is 0 Å². The molecule has 5 nitrogen and oxygen atoms in total. The molecule has 5 rings (SSSR count). The van der Waals surface area contributed by atoms with E-state index in [0.29, 0.717) is 43.1 Å². The summed E-state index contributed by atoms with van der Waals surface area (Å²) in [5, 5.41) is 22.2. The highest BCUT2D eigenvalue weighted by molar-refractivity contribution is 7.89. The van der Waals surface area contributed by atoms with Crippen LogP contribution in [0, 0.1) is 52.3 Å². The van der Waals surface area contributed by atoms with Crippen LogP contribution in [0.25, 0.3) is 0 Å². The van der Waals surface area contributed by atoms with Crippen molar-refractivity contribution in [2.24, 2.45) is 52.3 Å². The van der Waals surface area contributed by atoms with Crippen LogP contribution in [-0.4, -0.2) is 43.6 Å². The van der Waals surface area contributed by atoms with Crippen LogP contribution in [0.3, 0.4) is 0 Å². The van der Waals surface area contributed by atoms with Crippen molar-refractivity contribution in [1.29, 1.82) is 0 Å². The zero-order valence-electron chi connectivity index (χ0n) is 25.8. The first-order valence-electron chi connectivity index (χ1n) is 16.2. The van der Waals surface area contributed by atoms with Gasteiger partial charge in [0.25, 0.3) is 0 Å². The first-order chi connectivity index (χ1) is 20.1. The van der Waals surface area contributed by atoms with Gasteiger partial charge in [0.05, 0.1) is 22.7 Å². The number of benzene rings is 1. The molecule has 0 radical (unpaired) electrons. The van der Waals surface area contributed by atoms with E-state index < -0.39 is 45.0 Å². The number of alkyl halides is 4. The van der Waals surface area contributed by atoms with Crippen LogP contribution < -0.4 is 4.72 Å². The molecule has 1 aromatic rings. The van der Waals surface area contributed by atoms with Gasteiger partial charge in [0, 0.05) is 12.5 Å². The number of hydrogen-bond donors (Lipinski definition) is 3. The quantitative estimate of drug-likeness (QED) is 0.214. The molecule has 1 aromatic carbocycles. The Kier molecular flexibility index (Phi) is 9.13. The van der Waals surface area contributed by atoms with Crippen molar-refractivity contribution < 1.29 is 36.2 Å². The van der Waals surface area contributed by atoms with Crippen LogP contribution in [0.4, 0.5) is 17.6 Å². The normalized spacial score (nSPS) is 42.1. The van der Waals surface area contributed by atoms with E-state index in [-0.39, 0.29) is 41.0 Å². The van der Waals surface area contributed by atoms with Crippen LogP contribution >= 0.6 is 0 Å². The second kappa shape index (κ2) is 11.8. The first-order valence-corrected chi connectivity index (χ1v) is 17.7. The minimum absolute atomic E-state index is 0.0316. The standard InChI is InChI=1S/C33H49F4NO4S/c1-5-22-28-29(34)26(39)14-16-32(28,4)25-13-15-31(3)23(11-12-24(31)27(25)30(22)40)19(2)8-7-17-38-43(41,42)21-10-6-9-20(18-21)33(35,36)37/h6,9-10,18-19,22-30,38-40H,5,7-8,11-17H2,1-4H3/t19-,22-,23-,24+,25+,26-,27+,28-,29+,30-,31-,32-/m1/s1. The number of aliphatic hydroxyl groups excluding tert-OH is 2. The molecule has 0 bridgehead atoms. The summed E-state index contributed by atoms with van der Waals surface area (Å²) < 4.78 is 82.6. The monoisotopic (exact) mass is 631 g/mol. The Balaban J connectivity index is 1.24. The van der Waals surface area contributed by atoms with Gasteiger partial charge < -0.3 is 10.2 Å². The lowest BCUT2D eigenvalue weighted by molar-refractivity contribution is -0.222.